The van der Waals surface area contributed by atoms with Crippen molar-refractivity contribution in [3.8, 4) is 0 Å². The third-order valence-electron chi connectivity index (χ3n) is 2.56. The van der Waals surface area contributed by atoms with Gasteiger partial charge in [0.25, 0.3) is 0 Å². The molecule has 0 bridgehead atoms. The van der Waals surface area contributed by atoms with E-state index in [2.05, 4.69) is 5.10 Å². The molecule has 18 heavy (non-hydrogen) atoms. The Bertz CT molecular complexity index is 404. The van der Waals surface area contributed by atoms with Crippen molar-refractivity contribution in [1.29, 1.82) is 0 Å². The van der Waals surface area contributed by atoms with Crippen LogP contribution in [0.5, 0.6) is 0 Å². The van der Waals surface area contributed by atoms with Gasteiger partial charge >= 0.3 is 0 Å². The molecule has 1 aromatic heterocycles. The Kier molecular flexibility index (Phi) is 6.32. The number of aryl methyl sites for hydroxylation is 2. The number of methoxy groups -OCH3 is 1. The van der Waals surface area contributed by atoms with Gasteiger partial charge in [0, 0.05) is 14.2 Å². The fourth-order valence-corrected chi connectivity index (χ4v) is 1.94. The van der Waals surface area contributed by atoms with Gasteiger partial charge in [0.1, 0.15) is 6.61 Å². The van der Waals surface area contributed by atoms with Crippen LogP contribution in [-0.2, 0) is 34.2 Å². The maximum Gasteiger partial charge on any atom is 0.164 e. The maximum atomic E-state index is 11.7. The van der Waals surface area contributed by atoms with E-state index in [1.54, 1.807) is 18.8 Å². The molecule has 0 aliphatic rings. The number of Topliss-reactive ketones (excluding diaryl/α,β-unsaturated/α-hetero) is 1. The van der Waals surface area contributed by atoms with Gasteiger partial charge in [-0.1, -0.05) is 18.5 Å². The van der Waals surface area contributed by atoms with E-state index in [1.807, 2.05) is 6.92 Å². The van der Waals surface area contributed by atoms with Crippen molar-refractivity contribution in [2.45, 2.75) is 19.8 Å². The molecule has 0 unspecified atom stereocenters. The van der Waals surface area contributed by atoms with Crippen molar-refractivity contribution in [3.05, 3.63) is 16.4 Å². The van der Waals surface area contributed by atoms with Crippen molar-refractivity contribution >= 4 is 17.4 Å². The van der Waals surface area contributed by atoms with Crippen LogP contribution in [0.15, 0.2) is 0 Å². The number of rotatable bonds is 8. The van der Waals surface area contributed by atoms with Crippen LogP contribution in [0.1, 0.15) is 18.3 Å². The highest BCUT2D eigenvalue weighted by Gasteiger charge is 2.16. The molecule has 0 aliphatic heterocycles. The first kappa shape index (κ1) is 15.1. The average molecular weight is 275 g/mol. The van der Waals surface area contributed by atoms with Crippen LogP contribution >= 0.6 is 11.6 Å². The van der Waals surface area contributed by atoms with Crippen LogP contribution in [0, 0.1) is 0 Å². The van der Waals surface area contributed by atoms with Gasteiger partial charge in [0.05, 0.1) is 36.0 Å². The van der Waals surface area contributed by atoms with Gasteiger partial charge in [0.15, 0.2) is 5.78 Å². The smallest absolute Gasteiger partial charge is 0.164 e. The molecule has 0 fully saturated rings. The molecule has 6 heteroatoms. The van der Waals surface area contributed by atoms with Crippen molar-refractivity contribution in [2.24, 2.45) is 7.05 Å². The van der Waals surface area contributed by atoms with Crippen molar-refractivity contribution < 1.29 is 14.3 Å². The maximum absolute atomic E-state index is 11.7. The van der Waals surface area contributed by atoms with Gasteiger partial charge in [-0.25, -0.2) is 0 Å². The molecule has 0 saturated heterocycles. The van der Waals surface area contributed by atoms with Crippen molar-refractivity contribution in [1.82, 2.24) is 9.78 Å². The molecule has 0 atom stereocenters. The average Bonchev–Trinajstić information content (AvgIpc) is 2.62. The minimum atomic E-state index is -0.0151. The van der Waals surface area contributed by atoms with Crippen LogP contribution in [0.25, 0.3) is 0 Å². The minimum Gasteiger partial charge on any atom is -0.382 e. The highest BCUT2D eigenvalue weighted by atomic mass is 35.5. The predicted molar refractivity (Wildman–Crippen MR) is 69.0 cm³/mol. The lowest BCUT2D eigenvalue weighted by molar-refractivity contribution is -0.123. The summed E-state index contributed by atoms with van der Waals surface area (Å²) in [6, 6.07) is 0. The molecular formula is C12H19ClN2O3. The Morgan fingerprint density at radius 3 is 2.72 bits per heavy atom. The lowest BCUT2D eigenvalue weighted by Gasteiger charge is -2.04. The summed E-state index contributed by atoms with van der Waals surface area (Å²) in [7, 11) is 3.38. The number of hydrogen-bond acceptors (Lipinski definition) is 4. The number of aromatic nitrogens is 2. The Labute approximate surface area is 112 Å². The Hall–Kier alpha value is -0.910. The first-order valence-electron chi connectivity index (χ1n) is 5.88. The van der Waals surface area contributed by atoms with E-state index < -0.39 is 0 Å². The van der Waals surface area contributed by atoms with E-state index in [4.69, 9.17) is 21.1 Å². The molecule has 0 spiro atoms. The van der Waals surface area contributed by atoms with Gasteiger partial charge < -0.3 is 9.47 Å². The predicted octanol–water partition coefficient (Wildman–Crippen LogP) is 1.41. The number of carbonyl (C=O) groups is 1. The number of ketones is 1. The van der Waals surface area contributed by atoms with Crippen LogP contribution in [0.2, 0.25) is 5.02 Å². The normalized spacial score (nSPS) is 10.9. The zero-order chi connectivity index (χ0) is 13.5. The SMILES string of the molecule is CCc1nn(C)c(CC(=O)COCCOC)c1Cl. The Morgan fingerprint density at radius 2 is 2.17 bits per heavy atom. The highest BCUT2D eigenvalue weighted by Crippen LogP contribution is 2.21. The number of nitrogens with zero attached hydrogens (tertiary/aromatic N) is 2. The van der Waals surface area contributed by atoms with Gasteiger partial charge in [-0.05, 0) is 6.42 Å². The van der Waals surface area contributed by atoms with E-state index in [-0.39, 0.29) is 18.8 Å². The van der Waals surface area contributed by atoms with E-state index in [0.717, 1.165) is 17.8 Å². The molecule has 1 rings (SSSR count). The Balaban J connectivity index is 2.51. The minimum absolute atomic E-state index is 0.0151. The molecule has 102 valence electrons. The van der Waals surface area contributed by atoms with Gasteiger partial charge in [-0.15, -0.1) is 0 Å². The molecule has 0 amide bonds. The summed E-state index contributed by atoms with van der Waals surface area (Å²) < 4.78 is 11.7. The quantitative estimate of drug-likeness (QED) is 0.673. The monoisotopic (exact) mass is 274 g/mol. The molecular weight excluding hydrogens is 256 g/mol. The first-order valence-corrected chi connectivity index (χ1v) is 6.26. The van der Waals surface area contributed by atoms with Crippen LogP contribution in [0.4, 0.5) is 0 Å². The zero-order valence-corrected chi connectivity index (χ0v) is 11.8. The summed E-state index contributed by atoms with van der Waals surface area (Å²) in [5.41, 5.74) is 1.57. The summed E-state index contributed by atoms with van der Waals surface area (Å²) >= 11 is 6.16. The highest BCUT2D eigenvalue weighted by molar-refractivity contribution is 6.32. The second-order valence-corrected chi connectivity index (χ2v) is 4.32. The third-order valence-corrected chi connectivity index (χ3v) is 3.00. The molecule has 1 aromatic rings. The molecule has 0 saturated carbocycles. The first-order chi connectivity index (χ1) is 8.60. The number of ether oxygens (including phenoxy) is 2. The number of hydrogen-bond donors (Lipinski definition) is 0. The Morgan fingerprint density at radius 1 is 1.44 bits per heavy atom. The topological polar surface area (TPSA) is 53.4 Å². The summed E-state index contributed by atoms with van der Waals surface area (Å²) in [6.45, 7) is 2.96. The van der Waals surface area contributed by atoms with E-state index in [9.17, 15) is 4.79 Å². The fraction of sp³-hybridized carbons (Fsp3) is 0.667. The second kappa shape index (κ2) is 7.51. The van der Waals surface area contributed by atoms with Gasteiger partial charge in [-0.3, -0.25) is 9.48 Å². The fourth-order valence-electron chi connectivity index (χ4n) is 1.58. The number of carbonyl (C=O) groups excluding carboxylic acids is 1. The summed E-state index contributed by atoms with van der Waals surface area (Å²) in [6.07, 6.45) is 1.00. The van der Waals surface area contributed by atoms with Crippen LogP contribution in [0.3, 0.4) is 0 Å². The van der Waals surface area contributed by atoms with Crippen LogP contribution < -0.4 is 0 Å². The molecule has 1 heterocycles. The van der Waals surface area contributed by atoms with Crippen molar-refractivity contribution in [3.63, 3.8) is 0 Å². The lowest BCUT2D eigenvalue weighted by atomic mass is 10.2. The summed E-state index contributed by atoms with van der Waals surface area (Å²) in [5, 5.41) is 4.85. The number of halogens is 1. The zero-order valence-electron chi connectivity index (χ0n) is 11.0. The van der Waals surface area contributed by atoms with Crippen molar-refractivity contribution in [2.75, 3.05) is 26.9 Å². The summed E-state index contributed by atoms with van der Waals surface area (Å²) in [5.74, 6) is -0.0151. The second-order valence-electron chi connectivity index (χ2n) is 3.95. The summed E-state index contributed by atoms with van der Waals surface area (Å²) in [4.78, 5) is 11.7. The standard InChI is InChI=1S/C12H19ClN2O3/c1-4-10-12(13)11(15(2)14-10)7-9(16)8-18-6-5-17-3/h4-8H2,1-3H3. The van der Waals surface area contributed by atoms with E-state index in [1.165, 1.54) is 0 Å². The largest absolute Gasteiger partial charge is 0.382 e. The van der Waals surface area contributed by atoms with Gasteiger partial charge in [0.2, 0.25) is 0 Å². The lowest BCUT2D eigenvalue weighted by Crippen LogP contribution is -2.15. The van der Waals surface area contributed by atoms with E-state index >= 15 is 0 Å². The molecule has 0 aromatic carbocycles. The molecule has 0 aliphatic carbocycles. The molecule has 0 N–H and O–H groups in total. The third kappa shape index (κ3) is 4.08. The molecule has 5 nitrogen and oxygen atoms in total. The van der Waals surface area contributed by atoms with Crippen LogP contribution in [-0.4, -0.2) is 42.5 Å². The molecule has 0 radical (unpaired) electrons. The van der Waals surface area contributed by atoms with E-state index in [0.29, 0.717) is 18.2 Å². The van der Waals surface area contributed by atoms with Gasteiger partial charge in [-0.2, -0.15) is 5.10 Å².